The lowest BCUT2D eigenvalue weighted by Crippen LogP contribution is -2.56. The van der Waals surface area contributed by atoms with Crippen molar-refractivity contribution in [2.45, 2.75) is 62.9 Å². The Balaban J connectivity index is 2.17. The summed E-state index contributed by atoms with van der Waals surface area (Å²) in [6.07, 6.45) is 3.19. The molecule has 3 aromatic rings. The predicted octanol–water partition coefficient (Wildman–Crippen LogP) is 5.94. The molecule has 3 rings (SSSR count). The van der Waals surface area contributed by atoms with Crippen LogP contribution < -0.4 is 5.32 Å². The smallest absolute Gasteiger partial charge is 0.338 e. The van der Waals surface area contributed by atoms with Crippen molar-refractivity contribution in [3.8, 4) is 0 Å². The first-order valence-corrected chi connectivity index (χ1v) is 12.7. The number of amides is 1. The van der Waals surface area contributed by atoms with Crippen LogP contribution in [0.25, 0.3) is 0 Å². The van der Waals surface area contributed by atoms with E-state index in [1.807, 2.05) is 24.3 Å². The Morgan fingerprint density at radius 3 is 2.09 bits per heavy atom. The molecule has 1 unspecified atom stereocenters. The van der Waals surface area contributed by atoms with E-state index in [9.17, 15) is 9.59 Å². The second-order valence-electron chi connectivity index (χ2n) is 10.0. The zero-order chi connectivity index (χ0) is 25.1. The number of benzene rings is 1. The maximum atomic E-state index is 13.9. The quantitative estimate of drug-likeness (QED) is 0.307. The fourth-order valence-electron chi connectivity index (χ4n) is 3.35. The first kappa shape index (κ1) is 26.0. The van der Waals surface area contributed by atoms with Gasteiger partial charge in [-0.2, -0.15) is 0 Å². The van der Waals surface area contributed by atoms with Crippen LogP contribution >= 0.6 is 27.3 Å². The average Bonchev–Trinajstić information content (AvgIpc) is 3.28. The Labute approximate surface area is 213 Å². The molecule has 34 heavy (non-hydrogen) atoms. The topological polar surface area (TPSA) is 81.2 Å². The van der Waals surface area contributed by atoms with Crippen molar-refractivity contribution in [1.82, 2.24) is 15.3 Å². The van der Waals surface area contributed by atoms with E-state index in [0.717, 1.165) is 4.88 Å². The van der Waals surface area contributed by atoms with E-state index in [1.54, 1.807) is 57.4 Å². The molecule has 2 atom stereocenters. The van der Waals surface area contributed by atoms with E-state index < -0.39 is 21.9 Å². The summed E-state index contributed by atoms with van der Waals surface area (Å²) in [7, 11) is 0. The molecule has 1 amide bonds. The summed E-state index contributed by atoms with van der Waals surface area (Å²) in [4.78, 5) is 37.0. The molecule has 0 saturated heterocycles. The number of hydrogen-bond donors (Lipinski definition) is 1. The van der Waals surface area contributed by atoms with Gasteiger partial charge in [0.05, 0.1) is 4.88 Å². The van der Waals surface area contributed by atoms with Gasteiger partial charge in [-0.3, -0.25) is 4.79 Å². The van der Waals surface area contributed by atoms with Gasteiger partial charge >= 0.3 is 5.97 Å². The number of carbonyl (C=O) groups is 2. The normalized spacial score (nSPS) is 14.7. The largest absolute Gasteiger partial charge is 0.458 e. The fraction of sp³-hybridized carbons (Fsp3) is 0.385. The van der Waals surface area contributed by atoms with Gasteiger partial charge in [-0.05, 0) is 49.9 Å². The summed E-state index contributed by atoms with van der Waals surface area (Å²) in [5.41, 5.74) is -1.95. The number of nitrogens with zero attached hydrogens (tertiary/aromatic N) is 2. The van der Waals surface area contributed by atoms with Gasteiger partial charge in [0.15, 0.2) is 5.54 Å². The minimum Gasteiger partial charge on any atom is -0.458 e. The number of ether oxygens (including phenoxy) is 1. The van der Waals surface area contributed by atoms with Crippen molar-refractivity contribution >= 4 is 39.1 Å². The summed E-state index contributed by atoms with van der Waals surface area (Å²) in [6.45, 7) is 11.7. The summed E-state index contributed by atoms with van der Waals surface area (Å²) >= 11 is 5.06. The molecule has 2 aromatic heterocycles. The highest BCUT2D eigenvalue weighted by molar-refractivity contribution is 9.09. The van der Waals surface area contributed by atoms with Crippen molar-refractivity contribution in [2.75, 3.05) is 0 Å². The molecule has 0 aliphatic rings. The number of aromatic nitrogens is 2. The molecular formula is C26H30BrN3O3S. The Morgan fingerprint density at radius 2 is 1.56 bits per heavy atom. The maximum absolute atomic E-state index is 13.9. The summed E-state index contributed by atoms with van der Waals surface area (Å²) in [5, 5.41) is 3.02. The van der Waals surface area contributed by atoms with Crippen LogP contribution in [-0.4, -0.2) is 27.4 Å². The lowest BCUT2D eigenvalue weighted by atomic mass is 9.85. The molecule has 0 aliphatic heterocycles. The van der Waals surface area contributed by atoms with Crippen molar-refractivity contribution in [3.63, 3.8) is 0 Å². The SMILES string of the molecule is CC(C)(C)OC(=O)[C@@](NC(=O)c1ccc(C(C)(C)C)s1)(c1ccccc1)C(Br)c1ncccn1. The van der Waals surface area contributed by atoms with Crippen LogP contribution in [0.2, 0.25) is 0 Å². The number of hydrogen-bond acceptors (Lipinski definition) is 6. The number of thiophene rings is 1. The van der Waals surface area contributed by atoms with Gasteiger partial charge in [-0.1, -0.05) is 67.0 Å². The van der Waals surface area contributed by atoms with Gasteiger partial charge in [0.1, 0.15) is 16.3 Å². The van der Waals surface area contributed by atoms with Gasteiger partial charge in [-0.25, -0.2) is 14.8 Å². The van der Waals surface area contributed by atoms with Crippen LogP contribution in [0.4, 0.5) is 0 Å². The van der Waals surface area contributed by atoms with Gasteiger partial charge in [0.25, 0.3) is 5.91 Å². The second kappa shape index (κ2) is 9.96. The van der Waals surface area contributed by atoms with Gasteiger partial charge in [0.2, 0.25) is 0 Å². The number of carbonyl (C=O) groups excluding carboxylic acids is 2. The molecule has 8 heteroatoms. The molecule has 1 N–H and O–H groups in total. The molecule has 0 radical (unpaired) electrons. The average molecular weight is 545 g/mol. The standard InChI is InChI=1S/C26H30BrN3O3S/c1-24(2,3)19-14-13-18(34-19)22(31)30-26(17-11-8-7-9-12-17,23(32)33-25(4,5)6)20(27)21-28-15-10-16-29-21/h7-16,20H,1-6H3,(H,30,31)/t20?,26-/m1/s1. The molecule has 2 heterocycles. The highest BCUT2D eigenvalue weighted by atomic mass is 79.9. The van der Waals surface area contributed by atoms with Crippen molar-refractivity contribution in [3.05, 3.63) is 82.1 Å². The number of halogens is 1. The van der Waals surface area contributed by atoms with E-state index in [1.165, 1.54) is 11.3 Å². The zero-order valence-corrected chi connectivity index (χ0v) is 22.7. The summed E-state index contributed by atoms with van der Waals surface area (Å²) in [6, 6.07) is 14.5. The van der Waals surface area contributed by atoms with E-state index in [0.29, 0.717) is 16.3 Å². The Hall–Kier alpha value is -2.58. The molecule has 180 valence electrons. The van der Waals surface area contributed by atoms with E-state index in [-0.39, 0.29) is 11.3 Å². The molecule has 0 aliphatic carbocycles. The van der Waals surface area contributed by atoms with Crippen LogP contribution in [0.3, 0.4) is 0 Å². The van der Waals surface area contributed by atoms with Gasteiger partial charge in [-0.15, -0.1) is 11.3 Å². The summed E-state index contributed by atoms with van der Waals surface area (Å²) in [5.74, 6) is -0.642. The minimum absolute atomic E-state index is 0.0965. The van der Waals surface area contributed by atoms with Gasteiger partial charge in [0, 0.05) is 17.3 Å². The highest BCUT2D eigenvalue weighted by Gasteiger charge is 2.52. The lowest BCUT2D eigenvalue weighted by Gasteiger charge is -2.38. The van der Waals surface area contributed by atoms with Crippen LogP contribution in [0.1, 0.15) is 72.3 Å². The van der Waals surface area contributed by atoms with Crippen molar-refractivity contribution in [2.24, 2.45) is 0 Å². The number of rotatable bonds is 6. The predicted molar refractivity (Wildman–Crippen MR) is 138 cm³/mol. The van der Waals surface area contributed by atoms with Crippen LogP contribution in [0, 0.1) is 0 Å². The van der Waals surface area contributed by atoms with Crippen molar-refractivity contribution in [1.29, 1.82) is 0 Å². The Kier molecular flexibility index (Phi) is 7.62. The third-order valence-electron chi connectivity index (χ3n) is 5.02. The molecule has 6 nitrogen and oxygen atoms in total. The van der Waals surface area contributed by atoms with Crippen molar-refractivity contribution < 1.29 is 14.3 Å². The van der Waals surface area contributed by atoms with E-state index in [2.05, 4.69) is 52.0 Å². The molecule has 0 bridgehead atoms. The first-order chi connectivity index (χ1) is 15.8. The Bertz CT molecular complexity index is 1140. The second-order valence-corrected chi connectivity index (χ2v) is 12.0. The van der Waals surface area contributed by atoms with Crippen LogP contribution in [0.5, 0.6) is 0 Å². The molecule has 0 fully saturated rings. The highest BCUT2D eigenvalue weighted by Crippen LogP contribution is 2.43. The first-order valence-electron chi connectivity index (χ1n) is 11.0. The number of nitrogens with one attached hydrogen (secondary N) is 1. The molecule has 0 saturated carbocycles. The molecular weight excluding hydrogens is 514 g/mol. The third-order valence-corrected chi connectivity index (χ3v) is 7.63. The van der Waals surface area contributed by atoms with Crippen LogP contribution in [-0.2, 0) is 20.5 Å². The minimum atomic E-state index is -1.63. The maximum Gasteiger partial charge on any atom is 0.338 e. The summed E-state index contributed by atoms with van der Waals surface area (Å²) < 4.78 is 5.86. The van der Waals surface area contributed by atoms with Gasteiger partial charge < -0.3 is 10.1 Å². The molecule has 0 spiro atoms. The third kappa shape index (κ3) is 5.73. The van der Waals surface area contributed by atoms with Crippen LogP contribution in [0.15, 0.2) is 60.9 Å². The fourth-order valence-corrected chi connectivity index (χ4v) is 5.11. The van der Waals surface area contributed by atoms with E-state index >= 15 is 0 Å². The monoisotopic (exact) mass is 543 g/mol. The lowest BCUT2D eigenvalue weighted by molar-refractivity contribution is -0.163. The number of alkyl halides is 1. The van der Waals surface area contributed by atoms with E-state index in [4.69, 9.17) is 4.74 Å². The number of esters is 1. The molecule has 1 aromatic carbocycles. The zero-order valence-electron chi connectivity index (χ0n) is 20.3. The Morgan fingerprint density at radius 1 is 0.941 bits per heavy atom.